The molecule has 2 aromatic carbocycles. The van der Waals surface area contributed by atoms with Gasteiger partial charge in [0.15, 0.2) is 5.11 Å². The average molecular weight is 299 g/mol. The average Bonchev–Trinajstić information content (AvgIpc) is 2.49. The summed E-state index contributed by atoms with van der Waals surface area (Å²) in [5.74, 6) is -0.122. The van der Waals surface area contributed by atoms with Crippen molar-refractivity contribution in [3.05, 3.63) is 60.2 Å². The Morgan fingerprint density at radius 1 is 1.00 bits per heavy atom. The smallest absolute Gasteiger partial charge is 0.253 e. The Balaban J connectivity index is 2.09. The summed E-state index contributed by atoms with van der Waals surface area (Å²) >= 11 is 5.27. The predicted octanol–water partition coefficient (Wildman–Crippen LogP) is 3.25. The van der Waals surface area contributed by atoms with Crippen LogP contribution in [-0.2, 0) is 0 Å². The van der Waals surface area contributed by atoms with Gasteiger partial charge < -0.3 is 16.0 Å². The molecule has 0 atom stereocenters. The Kier molecular flexibility index (Phi) is 5.29. The van der Waals surface area contributed by atoms with Crippen LogP contribution in [0.2, 0.25) is 0 Å². The lowest BCUT2D eigenvalue weighted by atomic mass is 10.1. The van der Waals surface area contributed by atoms with E-state index >= 15 is 0 Å². The first-order chi connectivity index (χ1) is 10.2. The highest BCUT2D eigenvalue weighted by molar-refractivity contribution is 7.80. The van der Waals surface area contributed by atoms with Gasteiger partial charge in [-0.25, -0.2) is 0 Å². The lowest BCUT2D eigenvalue weighted by molar-refractivity contribution is 0.0956. The van der Waals surface area contributed by atoms with Gasteiger partial charge in [0, 0.05) is 12.2 Å². The number of carbonyl (C=O) groups is 1. The summed E-state index contributed by atoms with van der Waals surface area (Å²) in [4.78, 5) is 12.0. The molecule has 0 aliphatic rings. The maximum atomic E-state index is 12.0. The molecule has 108 valence electrons. The Labute approximate surface area is 129 Å². The van der Waals surface area contributed by atoms with Crippen molar-refractivity contribution in [1.29, 1.82) is 0 Å². The molecule has 0 saturated heterocycles. The monoisotopic (exact) mass is 299 g/mol. The fraction of sp³-hybridized carbons (Fsp3) is 0.125. The number of rotatable bonds is 4. The van der Waals surface area contributed by atoms with Crippen molar-refractivity contribution in [3.63, 3.8) is 0 Å². The van der Waals surface area contributed by atoms with Crippen molar-refractivity contribution >= 4 is 34.6 Å². The van der Waals surface area contributed by atoms with Crippen LogP contribution in [0.5, 0.6) is 0 Å². The van der Waals surface area contributed by atoms with Gasteiger partial charge in [-0.1, -0.05) is 30.3 Å². The molecule has 1 amide bonds. The summed E-state index contributed by atoms with van der Waals surface area (Å²) in [6, 6.07) is 16.9. The topological polar surface area (TPSA) is 53.2 Å². The molecule has 5 heteroatoms. The number of anilines is 2. The molecule has 0 bridgehead atoms. The molecule has 0 heterocycles. The molecule has 0 aliphatic carbocycles. The zero-order valence-electron chi connectivity index (χ0n) is 11.7. The van der Waals surface area contributed by atoms with Crippen molar-refractivity contribution in [2.24, 2.45) is 0 Å². The lowest BCUT2D eigenvalue weighted by Crippen LogP contribution is -2.26. The molecule has 4 nitrogen and oxygen atoms in total. The number of nitrogens with one attached hydrogen (secondary N) is 3. The second-order valence-electron chi connectivity index (χ2n) is 4.35. The first-order valence-corrected chi connectivity index (χ1v) is 7.12. The zero-order valence-corrected chi connectivity index (χ0v) is 12.5. The first-order valence-electron chi connectivity index (χ1n) is 6.71. The van der Waals surface area contributed by atoms with Crippen LogP contribution in [0, 0.1) is 0 Å². The summed E-state index contributed by atoms with van der Waals surface area (Å²) < 4.78 is 0. The largest absolute Gasteiger partial charge is 0.352 e. The number of hydrogen-bond donors (Lipinski definition) is 3. The molecule has 0 aliphatic heterocycles. The van der Waals surface area contributed by atoms with Crippen molar-refractivity contribution in [2.45, 2.75) is 6.92 Å². The summed E-state index contributed by atoms with van der Waals surface area (Å²) in [6.07, 6.45) is 0. The molecule has 0 radical (unpaired) electrons. The fourth-order valence-corrected chi connectivity index (χ4v) is 2.08. The van der Waals surface area contributed by atoms with Gasteiger partial charge >= 0.3 is 0 Å². The van der Waals surface area contributed by atoms with Crippen LogP contribution in [0.3, 0.4) is 0 Å². The van der Waals surface area contributed by atoms with Crippen LogP contribution in [0.25, 0.3) is 0 Å². The van der Waals surface area contributed by atoms with Crippen LogP contribution in [0.15, 0.2) is 54.6 Å². The first kappa shape index (κ1) is 15.0. The minimum absolute atomic E-state index is 0.122. The number of carbonyl (C=O) groups excluding carboxylic acids is 1. The van der Waals surface area contributed by atoms with Gasteiger partial charge in [-0.2, -0.15) is 0 Å². The molecular formula is C16H17N3OS. The SMILES string of the molecule is CCNC(=O)c1ccccc1NC(=S)Nc1ccccc1. The van der Waals surface area contributed by atoms with E-state index in [0.717, 1.165) is 5.69 Å². The summed E-state index contributed by atoms with van der Waals surface area (Å²) in [7, 11) is 0. The quantitative estimate of drug-likeness (QED) is 0.759. The molecule has 0 aromatic heterocycles. The van der Waals surface area contributed by atoms with Gasteiger partial charge in [0.2, 0.25) is 0 Å². The highest BCUT2D eigenvalue weighted by Gasteiger charge is 2.10. The van der Waals surface area contributed by atoms with Gasteiger partial charge in [0.25, 0.3) is 5.91 Å². The Bertz CT molecular complexity index is 628. The van der Waals surface area contributed by atoms with Crippen LogP contribution in [0.1, 0.15) is 17.3 Å². The summed E-state index contributed by atoms with van der Waals surface area (Å²) in [5, 5.41) is 9.36. The highest BCUT2D eigenvalue weighted by atomic mass is 32.1. The molecule has 2 aromatic rings. The lowest BCUT2D eigenvalue weighted by Gasteiger charge is -2.13. The van der Waals surface area contributed by atoms with Gasteiger partial charge in [-0.15, -0.1) is 0 Å². The van der Waals surface area contributed by atoms with E-state index in [4.69, 9.17) is 12.2 Å². The summed E-state index contributed by atoms with van der Waals surface area (Å²) in [5.41, 5.74) is 2.14. The van der Waals surface area contributed by atoms with E-state index in [2.05, 4.69) is 16.0 Å². The molecule has 0 unspecified atom stereocenters. The van der Waals surface area contributed by atoms with Crippen LogP contribution in [0.4, 0.5) is 11.4 Å². The van der Waals surface area contributed by atoms with Gasteiger partial charge in [0.1, 0.15) is 0 Å². The fourth-order valence-electron chi connectivity index (χ4n) is 1.85. The highest BCUT2D eigenvalue weighted by Crippen LogP contribution is 2.15. The van der Waals surface area contributed by atoms with Gasteiger partial charge in [-0.05, 0) is 43.4 Å². The molecule has 0 fully saturated rings. The number of benzene rings is 2. The van der Waals surface area contributed by atoms with Gasteiger partial charge in [-0.3, -0.25) is 4.79 Å². The van der Waals surface area contributed by atoms with Crippen LogP contribution < -0.4 is 16.0 Å². The number of amides is 1. The van der Waals surface area contributed by atoms with Gasteiger partial charge in [0.05, 0.1) is 11.3 Å². The van der Waals surface area contributed by atoms with E-state index in [1.807, 2.05) is 55.5 Å². The standard InChI is InChI=1S/C16H17N3OS/c1-2-17-15(20)13-10-6-7-11-14(13)19-16(21)18-12-8-4-3-5-9-12/h3-11H,2H2,1H3,(H,17,20)(H2,18,19,21). The van der Waals surface area contributed by atoms with E-state index in [1.165, 1.54) is 0 Å². The molecule has 3 N–H and O–H groups in total. The second-order valence-corrected chi connectivity index (χ2v) is 4.76. The molecule has 2 rings (SSSR count). The van der Waals surface area contributed by atoms with Crippen molar-refractivity contribution < 1.29 is 4.79 Å². The number of thiocarbonyl (C=S) groups is 1. The zero-order chi connectivity index (χ0) is 15.1. The normalized spacial score (nSPS) is 9.76. The Hall–Kier alpha value is -2.40. The number of para-hydroxylation sites is 2. The van der Waals surface area contributed by atoms with Crippen molar-refractivity contribution in [3.8, 4) is 0 Å². The van der Waals surface area contributed by atoms with E-state index in [1.54, 1.807) is 6.07 Å². The molecule has 21 heavy (non-hydrogen) atoms. The molecule has 0 spiro atoms. The predicted molar refractivity (Wildman–Crippen MR) is 90.7 cm³/mol. The molecular weight excluding hydrogens is 282 g/mol. The van der Waals surface area contributed by atoms with E-state index in [0.29, 0.717) is 22.9 Å². The van der Waals surface area contributed by atoms with E-state index in [9.17, 15) is 4.79 Å². The third kappa shape index (κ3) is 4.29. The second kappa shape index (κ2) is 7.40. The number of hydrogen-bond acceptors (Lipinski definition) is 2. The minimum atomic E-state index is -0.122. The van der Waals surface area contributed by atoms with Crippen molar-refractivity contribution in [1.82, 2.24) is 5.32 Å². The summed E-state index contributed by atoms with van der Waals surface area (Å²) in [6.45, 7) is 2.47. The van der Waals surface area contributed by atoms with Crippen molar-refractivity contribution in [2.75, 3.05) is 17.2 Å². The van der Waals surface area contributed by atoms with Crippen LogP contribution in [-0.4, -0.2) is 17.6 Å². The molecule has 0 saturated carbocycles. The van der Waals surface area contributed by atoms with E-state index in [-0.39, 0.29) is 5.91 Å². The Morgan fingerprint density at radius 2 is 1.67 bits per heavy atom. The van der Waals surface area contributed by atoms with Crippen LogP contribution >= 0.6 is 12.2 Å². The van der Waals surface area contributed by atoms with E-state index < -0.39 is 0 Å². The third-order valence-corrected chi connectivity index (χ3v) is 2.99. The minimum Gasteiger partial charge on any atom is -0.352 e. The maximum Gasteiger partial charge on any atom is 0.253 e. The Morgan fingerprint density at radius 3 is 2.38 bits per heavy atom. The maximum absolute atomic E-state index is 12.0. The third-order valence-electron chi connectivity index (χ3n) is 2.79.